The third-order valence-electron chi connectivity index (χ3n) is 3.99. The Kier molecular flexibility index (Phi) is 4.94. The minimum Gasteiger partial charge on any atom is -0.352 e. The quantitative estimate of drug-likeness (QED) is 0.837. The van der Waals surface area contributed by atoms with Crippen LogP contribution in [0.25, 0.3) is 0 Å². The highest BCUT2D eigenvalue weighted by Gasteiger charge is 2.22. The molecule has 0 saturated carbocycles. The standard InChI is InChI=1S/C17H18ClFN4O/c1-12-7-13(10-20-9-12)17(24)23-4-2-3-22(5-6-23)16-15(19)8-14(18)11-21-16/h7-11H,2-6H2,1H3. The molecule has 2 aromatic heterocycles. The van der Waals surface area contributed by atoms with E-state index in [2.05, 4.69) is 9.97 Å². The molecule has 0 atom stereocenters. The van der Waals surface area contributed by atoms with Gasteiger partial charge >= 0.3 is 0 Å². The molecule has 0 bridgehead atoms. The van der Waals surface area contributed by atoms with Crippen LogP contribution in [0.1, 0.15) is 22.3 Å². The Labute approximate surface area is 145 Å². The van der Waals surface area contributed by atoms with Gasteiger partial charge in [-0.05, 0) is 31.0 Å². The van der Waals surface area contributed by atoms with E-state index in [4.69, 9.17) is 11.6 Å². The van der Waals surface area contributed by atoms with E-state index in [9.17, 15) is 9.18 Å². The molecule has 5 nitrogen and oxygen atoms in total. The monoisotopic (exact) mass is 348 g/mol. The molecule has 1 aliphatic heterocycles. The van der Waals surface area contributed by atoms with Gasteiger partial charge in [0.1, 0.15) is 0 Å². The molecule has 0 unspecified atom stereocenters. The molecule has 2 aromatic rings. The van der Waals surface area contributed by atoms with Crippen LogP contribution in [-0.2, 0) is 0 Å². The van der Waals surface area contributed by atoms with Gasteiger partial charge in [-0.3, -0.25) is 9.78 Å². The zero-order valence-corrected chi connectivity index (χ0v) is 14.1. The van der Waals surface area contributed by atoms with Gasteiger partial charge < -0.3 is 9.80 Å². The first kappa shape index (κ1) is 16.6. The Morgan fingerprint density at radius 2 is 2.00 bits per heavy atom. The van der Waals surface area contributed by atoms with Crippen molar-refractivity contribution in [2.45, 2.75) is 13.3 Å². The Morgan fingerprint density at radius 1 is 1.17 bits per heavy atom. The molecule has 0 aliphatic carbocycles. The maximum atomic E-state index is 14.1. The minimum atomic E-state index is -0.440. The number of hydrogen-bond donors (Lipinski definition) is 0. The molecule has 3 heterocycles. The number of amides is 1. The van der Waals surface area contributed by atoms with E-state index in [-0.39, 0.29) is 16.7 Å². The number of aromatic nitrogens is 2. The molecule has 0 spiro atoms. The summed E-state index contributed by atoms with van der Waals surface area (Å²) in [6.07, 6.45) is 5.48. The fourth-order valence-corrected chi connectivity index (χ4v) is 2.97. The second kappa shape index (κ2) is 7.13. The number of aryl methyl sites for hydroxylation is 1. The fourth-order valence-electron chi connectivity index (χ4n) is 2.83. The van der Waals surface area contributed by atoms with Gasteiger partial charge in [-0.15, -0.1) is 0 Å². The first-order chi connectivity index (χ1) is 11.5. The van der Waals surface area contributed by atoms with Crippen LogP contribution >= 0.6 is 11.6 Å². The Balaban J connectivity index is 1.72. The summed E-state index contributed by atoms with van der Waals surface area (Å²) in [7, 11) is 0. The fraction of sp³-hybridized carbons (Fsp3) is 0.353. The van der Waals surface area contributed by atoms with Crippen molar-refractivity contribution >= 4 is 23.3 Å². The Hall–Kier alpha value is -2.21. The molecule has 3 rings (SSSR count). The van der Waals surface area contributed by atoms with Crippen molar-refractivity contribution < 1.29 is 9.18 Å². The van der Waals surface area contributed by atoms with Crippen molar-refractivity contribution in [1.29, 1.82) is 0 Å². The van der Waals surface area contributed by atoms with Crippen molar-refractivity contribution in [3.8, 4) is 0 Å². The van der Waals surface area contributed by atoms with Crippen molar-refractivity contribution in [3.05, 3.63) is 52.7 Å². The molecular formula is C17H18ClFN4O. The van der Waals surface area contributed by atoms with Crippen LogP contribution in [0.3, 0.4) is 0 Å². The number of halogens is 2. The van der Waals surface area contributed by atoms with E-state index in [0.717, 1.165) is 12.0 Å². The highest BCUT2D eigenvalue weighted by Crippen LogP contribution is 2.21. The van der Waals surface area contributed by atoms with Crippen molar-refractivity contribution in [3.63, 3.8) is 0 Å². The van der Waals surface area contributed by atoms with Crippen LogP contribution in [-0.4, -0.2) is 47.0 Å². The lowest BCUT2D eigenvalue weighted by Gasteiger charge is -2.23. The highest BCUT2D eigenvalue weighted by molar-refractivity contribution is 6.30. The molecule has 1 amide bonds. The van der Waals surface area contributed by atoms with Crippen molar-refractivity contribution in [2.75, 3.05) is 31.1 Å². The van der Waals surface area contributed by atoms with Crippen LogP contribution in [0.2, 0.25) is 5.02 Å². The molecule has 1 saturated heterocycles. The molecule has 24 heavy (non-hydrogen) atoms. The van der Waals surface area contributed by atoms with Crippen molar-refractivity contribution in [2.24, 2.45) is 0 Å². The van der Waals surface area contributed by atoms with E-state index in [1.54, 1.807) is 17.3 Å². The number of pyridine rings is 2. The summed E-state index contributed by atoms with van der Waals surface area (Å²) in [6.45, 7) is 4.20. The van der Waals surface area contributed by atoms with Crippen LogP contribution < -0.4 is 4.90 Å². The van der Waals surface area contributed by atoms with E-state index in [1.807, 2.05) is 17.9 Å². The molecule has 0 radical (unpaired) electrons. The highest BCUT2D eigenvalue weighted by atomic mass is 35.5. The van der Waals surface area contributed by atoms with Crippen LogP contribution in [0.15, 0.2) is 30.7 Å². The second-order valence-corrected chi connectivity index (χ2v) is 6.28. The van der Waals surface area contributed by atoms with E-state index >= 15 is 0 Å². The summed E-state index contributed by atoms with van der Waals surface area (Å²) < 4.78 is 14.1. The predicted octanol–water partition coefficient (Wildman–Crippen LogP) is 2.93. The van der Waals surface area contributed by atoms with Gasteiger partial charge in [0.25, 0.3) is 5.91 Å². The maximum absolute atomic E-state index is 14.1. The number of nitrogens with zero attached hydrogens (tertiary/aromatic N) is 4. The van der Waals surface area contributed by atoms with E-state index in [0.29, 0.717) is 31.7 Å². The van der Waals surface area contributed by atoms with Gasteiger partial charge in [-0.25, -0.2) is 9.37 Å². The SMILES string of the molecule is Cc1cncc(C(=O)N2CCCN(c3ncc(Cl)cc3F)CC2)c1. The average molecular weight is 349 g/mol. The van der Waals surface area contributed by atoms with Crippen LogP contribution in [0.5, 0.6) is 0 Å². The normalized spacial score (nSPS) is 15.3. The van der Waals surface area contributed by atoms with Gasteiger partial charge in [-0.1, -0.05) is 11.6 Å². The van der Waals surface area contributed by atoms with Crippen molar-refractivity contribution in [1.82, 2.24) is 14.9 Å². The van der Waals surface area contributed by atoms with Gasteiger partial charge in [0.2, 0.25) is 0 Å². The molecule has 0 N–H and O–H groups in total. The topological polar surface area (TPSA) is 49.3 Å². The number of carbonyl (C=O) groups is 1. The van der Waals surface area contributed by atoms with Crippen LogP contribution in [0.4, 0.5) is 10.2 Å². The molecule has 7 heteroatoms. The third-order valence-corrected chi connectivity index (χ3v) is 4.20. The molecule has 126 valence electrons. The lowest BCUT2D eigenvalue weighted by atomic mass is 10.2. The predicted molar refractivity (Wildman–Crippen MR) is 90.9 cm³/mol. The van der Waals surface area contributed by atoms with Gasteiger partial charge in [-0.2, -0.15) is 0 Å². The number of hydrogen-bond acceptors (Lipinski definition) is 4. The second-order valence-electron chi connectivity index (χ2n) is 5.84. The summed E-state index contributed by atoms with van der Waals surface area (Å²) in [5, 5.41) is 0.273. The maximum Gasteiger partial charge on any atom is 0.255 e. The Bertz CT molecular complexity index is 755. The zero-order chi connectivity index (χ0) is 17.1. The summed E-state index contributed by atoms with van der Waals surface area (Å²) in [5.74, 6) is -0.200. The van der Waals surface area contributed by atoms with E-state index < -0.39 is 5.82 Å². The average Bonchev–Trinajstić information content (AvgIpc) is 2.80. The minimum absolute atomic E-state index is 0.0439. The molecular weight excluding hydrogens is 331 g/mol. The summed E-state index contributed by atoms with van der Waals surface area (Å²) >= 11 is 5.75. The lowest BCUT2D eigenvalue weighted by molar-refractivity contribution is 0.0766. The van der Waals surface area contributed by atoms with Gasteiger partial charge in [0.05, 0.1) is 10.6 Å². The lowest BCUT2D eigenvalue weighted by Crippen LogP contribution is -2.35. The largest absolute Gasteiger partial charge is 0.352 e. The number of anilines is 1. The smallest absolute Gasteiger partial charge is 0.255 e. The van der Waals surface area contributed by atoms with Crippen LogP contribution in [0, 0.1) is 12.7 Å². The first-order valence-electron chi connectivity index (χ1n) is 7.81. The van der Waals surface area contributed by atoms with Gasteiger partial charge in [0.15, 0.2) is 11.6 Å². The number of carbonyl (C=O) groups excluding carboxylic acids is 1. The molecule has 1 fully saturated rings. The first-order valence-corrected chi connectivity index (χ1v) is 8.19. The number of rotatable bonds is 2. The van der Waals surface area contributed by atoms with E-state index in [1.165, 1.54) is 12.3 Å². The summed E-state index contributed by atoms with van der Waals surface area (Å²) in [6, 6.07) is 3.09. The Morgan fingerprint density at radius 3 is 2.75 bits per heavy atom. The van der Waals surface area contributed by atoms with Gasteiger partial charge in [0, 0.05) is 44.8 Å². The molecule has 0 aromatic carbocycles. The zero-order valence-electron chi connectivity index (χ0n) is 13.4. The molecule has 1 aliphatic rings. The summed E-state index contributed by atoms with van der Waals surface area (Å²) in [4.78, 5) is 24.4. The summed E-state index contributed by atoms with van der Waals surface area (Å²) in [5.41, 5.74) is 1.53. The third kappa shape index (κ3) is 3.64.